The Morgan fingerprint density at radius 1 is 1.24 bits per heavy atom. The first-order chi connectivity index (χ1) is 14.2. The first-order valence-electron chi connectivity index (χ1n) is 9.40. The van der Waals surface area contributed by atoms with Crippen molar-refractivity contribution in [1.82, 2.24) is 15.0 Å². The standard InChI is InChI=1S/C21H22N4O4/c1-3-28-18-7-5-4-6-16(18)22-21(26)20-17-13-29-19(12-25(17)24-23-20)14-8-10-15(27-2)11-9-14/h4-11,19H,3,12-13H2,1-2H3,(H,22,26)/t19-/m1/s1. The number of amides is 1. The third-order valence-corrected chi connectivity index (χ3v) is 4.74. The first-order valence-corrected chi connectivity index (χ1v) is 9.40. The Balaban J connectivity index is 1.50. The smallest absolute Gasteiger partial charge is 0.278 e. The highest BCUT2D eigenvalue weighted by Crippen LogP contribution is 2.29. The molecule has 1 aliphatic rings. The van der Waals surface area contributed by atoms with Crippen LogP contribution in [0.25, 0.3) is 0 Å². The summed E-state index contributed by atoms with van der Waals surface area (Å²) in [7, 11) is 1.63. The molecule has 1 aromatic heterocycles. The molecule has 29 heavy (non-hydrogen) atoms. The quantitative estimate of drug-likeness (QED) is 0.691. The van der Waals surface area contributed by atoms with Gasteiger partial charge in [0.1, 0.15) is 17.6 Å². The summed E-state index contributed by atoms with van der Waals surface area (Å²) in [6, 6.07) is 15.0. The molecule has 0 spiro atoms. The molecule has 1 N–H and O–H groups in total. The maximum atomic E-state index is 12.8. The van der Waals surface area contributed by atoms with Crippen molar-refractivity contribution in [2.75, 3.05) is 19.0 Å². The predicted octanol–water partition coefficient (Wildman–Crippen LogP) is 3.21. The summed E-state index contributed by atoms with van der Waals surface area (Å²) in [6.45, 7) is 3.14. The van der Waals surface area contributed by atoms with E-state index in [9.17, 15) is 4.79 Å². The molecule has 8 heteroatoms. The molecule has 3 aromatic rings. The van der Waals surface area contributed by atoms with Gasteiger partial charge in [-0.05, 0) is 36.8 Å². The topological polar surface area (TPSA) is 87.5 Å². The Bertz CT molecular complexity index is 1000. The van der Waals surface area contributed by atoms with E-state index >= 15 is 0 Å². The molecular formula is C21H22N4O4. The summed E-state index contributed by atoms with van der Waals surface area (Å²) in [6.07, 6.45) is -0.162. The van der Waals surface area contributed by atoms with Crippen LogP contribution in [-0.2, 0) is 17.9 Å². The SMILES string of the molecule is CCOc1ccccc1NC(=O)c1nnn2c1CO[C@@H](c1ccc(OC)cc1)C2. The van der Waals surface area contributed by atoms with Crippen molar-refractivity contribution >= 4 is 11.6 Å². The average molecular weight is 394 g/mol. The Kier molecular flexibility index (Phi) is 5.44. The van der Waals surface area contributed by atoms with Crippen LogP contribution in [0.3, 0.4) is 0 Å². The van der Waals surface area contributed by atoms with Gasteiger partial charge in [-0.3, -0.25) is 4.79 Å². The number of rotatable bonds is 6. The van der Waals surface area contributed by atoms with Gasteiger partial charge in [-0.2, -0.15) is 0 Å². The van der Waals surface area contributed by atoms with E-state index < -0.39 is 0 Å². The summed E-state index contributed by atoms with van der Waals surface area (Å²) >= 11 is 0. The summed E-state index contributed by atoms with van der Waals surface area (Å²) in [5, 5.41) is 11.1. The molecule has 1 amide bonds. The van der Waals surface area contributed by atoms with Crippen LogP contribution in [0.5, 0.6) is 11.5 Å². The Hall–Kier alpha value is -3.39. The van der Waals surface area contributed by atoms with Crippen LogP contribution in [0.15, 0.2) is 48.5 Å². The predicted molar refractivity (Wildman–Crippen MR) is 106 cm³/mol. The third kappa shape index (κ3) is 3.93. The minimum atomic E-state index is -0.343. The van der Waals surface area contributed by atoms with Gasteiger partial charge in [0.25, 0.3) is 5.91 Å². The summed E-state index contributed by atoms with van der Waals surface area (Å²) in [5.41, 5.74) is 2.52. The molecule has 4 rings (SSSR count). The van der Waals surface area contributed by atoms with Gasteiger partial charge >= 0.3 is 0 Å². The van der Waals surface area contributed by atoms with Crippen molar-refractivity contribution in [3.05, 3.63) is 65.5 Å². The highest BCUT2D eigenvalue weighted by atomic mass is 16.5. The molecule has 8 nitrogen and oxygen atoms in total. The molecule has 0 saturated carbocycles. The van der Waals surface area contributed by atoms with Gasteiger partial charge in [0, 0.05) is 0 Å². The van der Waals surface area contributed by atoms with Crippen LogP contribution in [-0.4, -0.2) is 34.6 Å². The van der Waals surface area contributed by atoms with E-state index in [-0.39, 0.29) is 24.3 Å². The van der Waals surface area contributed by atoms with Crippen LogP contribution in [0.1, 0.15) is 34.8 Å². The van der Waals surface area contributed by atoms with Crippen molar-refractivity contribution in [2.45, 2.75) is 26.2 Å². The molecule has 0 bridgehead atoms. The number of nitrogens with one attached hydrogen (secondary N) is 1. The zero-order valence-corrected chi connectivity index (χ0v) is 16.3. The number of nitrogens with zero attached hydrogens (tertiary/aromatic N) is 3. The van der Waals surface area contributed by atoms with Gasteiger partial charge in [0.2, 0.25) is 0 Å². The lowest BCUT2D eigenvalue weighted by Gasteiger charge is -2.24. The second-order valence-electron chi connectivity index (χ2n) is 6.52. The minimum absolute atomic E-state index is 0.162. The van der Waals surface area contributed by atoms with Crippen molar-refractivity contribution in [3.63, 3.8) is 0 Å². The van der Waals surface area contributed by atoms with Crippen molar-refractivity contribution in [2.24, 2.45) is 0 Å². The molecule has 0 radical (unpaired) electrons. The van der Waals surface area contributed by atoms with E-state index in [1.54, 1.807) is 17.9 Å². The number of hydrogen-bond donors (Lipinski definition) is 1. The Labute approximate surface area is 168 Å². The molecule has 0 aliphatic carbocycles. The number of carbonyl (C=O) groups excluding carboxylic acids is 1. The van der Waals surface area contributed by atoms with Crippen LogP contribution < -0.4 is 14.8 Å². The fourth-order valence-corrected chi connectivity index (χ4v) is 3.24. The van der Waals surface area contributed by atoms with Gasteiger partial charge in [-0.15, -0.1) is 5.10 Å². The second kappa shape index (κ2) is 8.32. The maximum Gasteiger partial charge on any atom is 0.278 e. The molecule has 2 aromatic carbocycles. The third-order valence-electron chi connectivity index (χ3n) is 4.74. The number of para-hydroxylation sites is 2. The molecule has 1 aliphatic heterocycles. The van der Waals surface area contributed by atoms with Gasteiger partial charge in [-0.25, -0.2) is 4.68 Å². The lowest BCUT2D eigenvalue weighted by molar-refractivity contribution is -0.00173. The lowest BCUT2D eigenvalue weighted by atomic mass is 10.1. The van der Waals surface area contributed by atoms with E-state index in [0.29, 0.717) is 30.3 Å². The highest BCUT2D eigenvalue weighted by Gasteiger charge is 2.28. The van der Waals surface area contributed by atoms with Crippen LogP contribution in [0.4, 0.5) is 5.69 Å². The Morgan fingerprint density at radius 2 is 2.03 bits per heavy atom. The fourth-order valence-electron chi connectivity index (χ4n) is 3.24. The van der Waals surface area contributed by atoms with E-state index in [0.717, 1.165) is 11.3 Å². The molecule has 2 heterocycles. The van der Waals surface area contributed by atoms with E-state index in [1.807, 2.05) is 49.4 Å². The Morgan fingerprint density at radius 3 is 2.79 bits per heavy atom. The highest BCUT2D eigenvalue weighted by molar-refractivity contribution is 6.04. The monoisotopic (exact) mass is 394 g/mol. The second-order valence-corrected chi connectivity index (χ2v) is 6.52. The largest absolute Gasteiger partial charge is 0.497 e. The maximum absolute atomic E-state index is 12.8. The van der Waals surface area contributed by atoms with Gasteiger partial charge in [0.05, 0.1) is 38.2 Å². The average Bonchev–Trinajstić information content (AvgIpc) is 3.19. The molecule has 0 unspecified atom stereocenters. The summed E-state index contributed by atoms with van der Waals surface area (Å²) in [4.78, 5) is 12.8. The number of carbonyl (C=O) groups is 1. The normalized spacial score (nSPS) is 15.4. The van der Waals surface area contributed by atoms with E-state index in [1.165, 1.54) is 0 Å². The lowest BCUT2D eigenvalue weighted by Crippen LogP contribution is -2.24. The number of anilines is 1. The molecule has 0 saturated heterocycles. The number of fused-ring (bicyclic) bond motifs is 1. The number of methoxy groups -OCH3 is 1. The summed E-state index contributed by atoms with van der Waals surface area (Å²) in [5.74, 6) is 1.06. The zero-order chi connectivity index (χ0) is 20.2. The first kappa shape index (κ1) is 18.9. The van der Waals surface area contributed by atoms with Crippen molar-refractivity contribution < 1.29 is 19.0 Å². The van der Waals surface area contributed by atoms with Gasteiger partial charge < -0.3 is 19.5 Å². The number of ether oxygens (including phenoxy) is 3. The van der Waals surface area contributed by atoms with Crippen LogP contribution >= 0.6 is 0 Å². The molecular weight excluding hydrogens is 372 g/mol. The van der Waals surface area contributed by atoms with Gasteiger partial charge in [-0.1, -0.05) is 29.5 Å². The molecule has 0 fully saturated rings. The number of benzene rings is 2. The van der Waals surface area contributed by atoms with E-state index in [2.05, 4.69) is 15.6 Å². The minimum Gasteiger partial charge on any atom is -0.497 e. The zero-order valence-electron chi connectivity index (χ0n) is 16.3. The van der Waals surface area contributed by atoms with Crippen LogP contribution in [0, 0.1) is 0 Å². The van der Waals surface area contributed by atoms with Crippen LogP contribution in [0.2, 0.25) is 0 Å². The summed E-state index contributed by atoms with van der Waals surface area (Å²) < 4.78 is 18.5. The number of hydrogen-bond acceptors (Lipinski definition) is 6. The van der Waals surface area contributed by atoms with E-state index in [4.69, 9.17) is 14.2 Å². The van der Waals surface area contributed by atoms with Crippen molar-refractivity contribution in [3.8, 4) is 11.5 Å². The molecule has 1 atom stereocenters. The van der Waals surface area contributed by atoms with Gasteiger partial charge in [0.15, 0.2) is 5.69 Å². The fraction of sp³-hybridized carbons (Fsp3) is 0.286. The molecule has 150 valence electrons. The number of aromatic nitrogens is 3. The van der Waals surface area contributed by atoms with Crippen molar-refractivity contribution in [1.29, 1.82) is 0 Å².